The minimum Gasteiger partial charge on any atom is -0.394 e. The second-order valence-corrected chi connectivity index (χ2v) is 5.23. The molecule has 0 aromatic heterocycles. The van der Waals surface area contributed by atoms with Crippen molar-refractivity contribution >= 4 is 33.5 Å². The van der Waals surface area contributed by atoms with Crippen LogP contribution in [0.4, 0.5) is 0 Å². The molecular formula is C14H23BrN2O5. The van der Waals surface area contributed by atoms with E-state index in [2.05, 4.69) is 26.6 Å². The molecule has 0 saturated carbocycles. The molecule has 0 aliphatic carbocycles. The van der Waals surface area contributed by atoms with Crippen LogP contribution in [0.25, 0.3) is 0 Å². The highest BCUT2D eigenvalue weighted by molar-refractivity contribution is 9.12. The number of Topliss-reactive ketones (excluding diaryl/α,β-unsaturated/α-hetero) is 1. The third-order valence-electron chi connectivity index (χ3n) is 2.57. The van der Waals surface area contributed by atoms with Crippen LogP contribution in [0, 0.1) is 0 Å². The summed E-state index contributed by atoms with van der Waals surface area (Å²) in [7, 11) is 0. The highest BCUT2D eigenvalue weighted by atomic mass is 79.9. The summed E-state index contributed by atoms with van der Waals surface area (Å²) < 4.78 is 5.09. The van der Waals surface area contributed by atoms with Gasteiger partial charge in [-0.3, -0.25) is 14.4 Å². The molecule has 0 unspecified atom stereocenters. The number of ketones is 1. The minimum absolute atomic E-state index is 0.0660. The Morgan fingerprint density at radius 2 is 1.91 bits per heavy atom. The van der Waals surface area contributed by atoms with E-state index < -0.39 is 11.8 Å². The van der Waals surface area contributed by atoms with Gasteiger partial charge in [-0.1, -0.05) is 6.92 Å². The van der Waals surface area contributed by atoms with Gasteiger partial charge >= 0.3 is 0 Å². The number of hydrogen-bond donors (Lipinski definition) is 3. The molecule has 0 atom stereocenters. The van der Waals surface area contributed by atoms with E-state index in [0.29, 0.717) is 25.8 Å². The number of aliphatic hydroxyl groups is 1. The Labute approximate surface area is 138 Å². The Morgan fingerprint density at radius 3 is 2.55 bits per heavy atom. The molecule has 0 fully saturated rings. The van der Waals surface area contributed by atoms with Gasteiger partial charge in [0.2, 0.25) is 5.91 Å². The molecular weight excluding hydrogens is 356 g/mol. The average Bonchev–Trinajstić information content (AvgIpc) is 2.50. The standard InChI is InChI=1S/C14H23BrN2O5/c1-2-11(19)4-3-5-17-14(21)12(15)10-13(20)16-6-8-22-9-7-18/h10,18H,2-9H2,1H3,(H,16,20)(H,17,21)/b12-10+. The first-order chi connectivity index (χ1) is 10.5. The summed E-state index contributed by atoms with van der Waals surface area (Å²) in [6.07, 6.45) is 2.65. The lowest BCUT2D eigenvalue weighted by Gasteiger charge is -2.05. The van der Waals surface area contributed by atoms with E-state index in [0.717, 1.165) is 6.08 Å². The number of rotatable bonds is 12. The van der Waals surface area contributed by atoms with Gasteiger partial charge in [0.15, 0.2) is 0 Å². The topological polar surface area (TPSA) is 105 Å². The smallest absolute Gasteiger partial charge is 0.258 e. The Balaban J connectivity index is 3.89. The predicted octanol–water partition coefficient (Wildman–Crippen LogP) is 0.266. The summed E-state index contributed by atoms with van der Waals surface area (Å²) in [4.78, 5) is 34.3. The van der Waals surface area contributed by atoms with Crippen LogP contribution in [0.3, 0.4) is 0 Å². The molecule has 0 saturated heterocycles. The average molecular weight is 379 g/mol. The molecule has 0 aromatic carbocycles. The third kappa shape index (κ3) is 11.4. The Bertz CT molecular complexity index is 399. The Morgan fingerprint density at radius 1 is 1.18 bits per heavy atom. The fourth-order valence-corrected chi connectivity index (χ4v) is 1.74. The molecule has 2 amide bonds. The van der Waals surface area contributed by atoms with Crippen molar-refractivity contribution in [3.63, 3.8) is 0 Å². The maximum atomic E-state index is 11.7. The van der Waals surface area contributed by atoms with Crippen molar-refractivity contribution < 1.29 is 24.2 Å². The molecule has 0 aromatic rings. The molecule has 0 bridgehead atoms. The van der Waals surface area contributed by atoms with Crippen molar-refractivity contribution in [2.24, 2.45) is 0 Å². The van der Waals surface area contributed by atoms with E-state index in [-0.39, 0.29) is 36.6 Å². The van der Waals surface area contributed by atoms with Gasteiger partial charge in [0.25, 0.3) is 5.91 Å². The summed E-state index contributed by atoms with van der Waals surface area (Å²) in [5.74, 6) is -0.668. The molecule has 0 aliphatic rings. The first-order valence-corrected chi connectivity index (χ1v) is 7.94. The zero-order chi connectivity index (χ0) is 16.8. The highest BCUT2D eigenvalue weighted by Gasteiger charge is 2.08. The molecule has 8 heteroatoms. The number of ether oxygens (including phenoxy) is 1. The van der Waals surface area contributed by atoms with Crippen LogP contribution in [-0.2, 0) is 19.1 Å². The summed E-state index contributed by atoms with van der Waals surface area (Å²) >= 11 is 3.03. The molecule has 3 N–H and O–H groups in total. The molecule has 0 aliphatic heterocycles. The predicted molar refractivity (Wildman–Crippen MR) is 85.5 cm³/mol. The number of carbonyl (C=O) groups is 3. The number of amides is 2. The quantitative estimate of drug-likeness (QED) is 0.334. The molecule has 0 rings (SSSR count). The van der Waals surface area contributed by atoms with Gasteiger partial charge in [0.05, 0.1) is 24.3 Å². The number of aliphatic hydroxyl groups excluding tert-OH is 1. The minimum atomic E-state index is -0.421. The molecule has 0 spiro atoms. The van der Waals surface area contributed by atoms with Crippen LogP contribution in [-0.4, -0.2) is 55.6 Å². The molecule has 7 nitrogen and oxygen atoms in total. The van der Waals surface area contributed by atoms with Crippen molar-refractivity contribution in [2.75, 3.05) is 32.9 Å². The van der Waals surface area contributed by atoms with Crippen molar-refractivity contribution in [1.29, 1.82) is 0 Å². The van der Waals surface area contributed by atoms with E-state index >= 15 is 0 Å². The number of nitrogens with one attached hydrogen (secondary N) is 2. The first kappa shape index (κ1) is 20.8. The number of carbonyl (C=O) groups excluding carboxylic acids is 3. The van der Waals surface area contributed by atoms with Crippen LogP contribution in [0.1, 0.15) is 26.2 Å². The zero-order valence-corrected chi connectivity index (χ0v) is 14.3. The molecule has 126 valence electrons. The lowest BCUT2D eigenvalue weighted by molar-refractivity contribution is -0.119. The second-order valence-electron chi connectivity index (χ2n) is 4.37. The van der Waals surface area contributed by atoms with E-state index in [4.69, 9.17) is 9.84 Å². The van der Waals surface area contributed by atoms with Crippen molar-refractivity contribution in [3.8, 4) is 0 Å². The van der Waals surface area contributed by atoms with Crippen LogP contribution in [0.15, 0.2) is 10.6 Å². The van der Waals surface area contributed by atoms with Crippen LogP contribution in [0.5, 0.6) is 0 Å². The fraction of sp³-hybridized carbons (Fsp3) is 0.643. The third-order valence-corrected chi connectivity index (χ3v) is 3.16. The lowest BCUT2D eigenvalue weighted by atomic mass is 10.2. The SMILES string of the molecule is CCC(=O)CCCNC(=O)/C(Br)=C\C(=O)NCCOCCO. The van der Waals surface area contributed by atoms with Gasteiger partial charge in [-0.15, -0.1) is 0 Å². The number of hydrogen-bond acceptors (Lipinski definition) is 5. The molecule has 0 heterocycles. The van der Waals surface area contributed by atoms with Crippen LogP contribution in [0.2, 0.25) is 0 Å². The van der Waals surface area contributed by atoms with E-state index in [1.165, 1.54) is 0 Å². The van der Waals surface area contributed by atoms with Gasteiger partial charge in [-0.2, -0.15) is 0 Å². The monoisotopic (exact) mass is 378 g/mol. The summed E-state index contributed by atoms with van der Waals surface area (Å²) in [5, 5.41) is 13.6. The van der Waals surface area contributed by atoms with Crippen LogP contribution >= 0.6 is 15.9 Å². The van der Waals surface area contributed by atoms with Gasteiger partial charge < -0.3 is 20.5 Å². The largest absolute Gasteiger partial charge is 0.394 e. The van der Waals surface area contributed by atoms with Gasteiger partial charge in [0, 0.05) is 32.0 Å². The Hall–Kier alpha value is -1.25. The normalized spacial score (nSPS) is 11.1. The van der Waals surface area contributed by atoms with Crippen molar-refractivity contribution in [3.05, 3.63) is 10.6 Å². The fourth-order valence-electron chi connectivity index (χ4n) is 1.39. The Kier molecular flexibility index (Phi) is 12.7. The maximum Gasteiger partial charge on any atom is 0.258 e. The van der Waals surface area contributed by atoms with E-state index in [1.807, 2.05) is 0 Å². The van der Waals surface area contributed by atoms with Gasteiger partial charge in [0.1, 0.15) is 5.78 Å². The first-order valence-electron chi connectivity index (χ1n) is 7.14. The number of halogens is 1. The summed E-state index contributed by atoms with van der Waals surface area (Å²) in [6.45, 7) is 2.91. The van der Waals surface area contributed by atoms with Crippen molar-refractivity contribution in [1.82, 2.24) is 10.6 Å². The van der Waals surface area contributed by atoms with Crippen molar-refractivity contribution in [2.45, 2.75) is 26.2 Å². The maximum absolute atomic E-state index is 11.7. The highest BCUT2D eigenvalue weighted by Crippen LogP contribution is 2.04. The molecule has 22 heavy (non-hydrogen) atoms. The second kappa shape index (κ2) is 13.4. The summed E-state index contributed by atoms with van der Waals surface area (Å²) in [6, 6.07) is 0. The van der Waals surface area contributed by atoms with Gasteiger partial charge in [-0.25, -0.2) is 0 Å². The van der Waals surface area contributed by atoms with Gasteiger partial charge in [-0.05, 0) is 22.4 Å². The lowest BCUT2D eigenvalue weighted by Crippen LogP contribution is -2.28. The van der Waals surface area contributed by atoms with E-state index in [1.54, 1.807) is 6.92 Å². The van der Waals surface area contributed by atoms with E-state index in [9.17, 15) is 14.4 Å². The van der Waals surface area contributed by atoms with Crippen LogP contribution < -0.4 is 10.6 Å². The summed E-state index contributed by atoms with van der Waals surface area (Å²) in [5.41, 5.74) is 0. The molecule has 0 radical (unpaired) electrons. The zero-order valence-electron chi connectivity index (χ0n) is 12.7.